The zero-order valence-electron chi connectivity index (χ0n) is 17.4. The van der Waals surface area contributed by atoms with Gasteiger partial charge in [0.15, 0.2) is 6.10 Å². The van der Waals surface area contributed by atoms with Crippen LogP contribution >= 0.6 is 0 Å². The Labute approximate surface area is 191 Å². The number of aliphatic carboxylic acids is 1. The molecule has 1 amide bonds. The Morgan fingerprint density at radius 1 is 1.12 bits per heavy atom. The fourth-order valence-electron chi connectivity index (χ4n) is 3.28. The van der Waals surface area contributed by atoms with Gasteiger partial charge in [-0.3, -0.25) is 4.79 Å². The van der Waals surface area contributed by atoms with Gasteiger partial charge in [-0.05, 0) is 18.2 Å². The van der Waals surface area contributed by atoms with E-state index in [0.29, 0.717) is 11.3 Å². The molecule has 182 valence electrons. The number of aliphatic hydroxyl groups excluding tert-OH is 4. The van der Waals surface area contributed by atoms with Gasteiger partial charge in [0.2, 0.25) is 11.7 Å². The number of aromatic nitrogens is 3. The van der Waals surface area contributed by atoms with Crippen LogP contribution in [0.3, 0.4) is 0 Å². The quantitative estimate of drug-likeness (QED) is 0.200. The summed E-state index contributed by atoms with van der Waals surface area (Å²) in [5.74, 6) is -4.03. The molecule has 0 fully saturated rings. The molecular formula is C20H22N4O10. The predicted octanol–water partition coefficient (Wildman–Crippen LogP) is -2.43. The van der Waals surface area contributed by atoms with E-state index in [1.54, 1.807) is 0 Å². The largest absolute Gasteiger partial charge is 0.478 e. The Morgan fingerprint density at radius 3 is 2.38 bits per heavy atom. The first kappa shape index (κ1) is 24.8. The summed E-state index contributed by atoms with van der Waals surface area (Å²) in [6, 6.07) is 4.47. The van der Waals surface area contributed by atoms with Crippen molar-refractivity contribution in [2.24, 2.45) is 0 Å². The van der Waals surface area contributed by atoms with E-state index in [-0.39, 0.29) is 12.1 Å². The Balaban J connectivity index is 1.72. The van der Waals surface area contributed by atoms with Crippen molar-refractivity contribution in [1.82, 2.24) is 20.3 Å². The van der Waals surface area contributed by atoms with E-state index in [2.05, 4.69) is 15.6 Å². The van der Waals surface area contributed by atoms with E-state index in [1.807, 2.05) is 0 Å². The minimum Gasteiger partial charge on any atom is -0.478 e. The summed E-state index contributed by atoms with van der Waals surface area (Å²) in [6.45, 7) is -1.26. The third kappa shape index (κ3) is 5.55. The van der Waals surface area contributed by atoms with Crippen molar-refractivity contribution in [1.29, 1.82) is 0 Å². The molecule has 0 radical (unpaired) electrons. The van der Waals surface area contributed by atoms with Crippen LogP contribution in [0.4, 0.5) is 0 Å². The van der Waals surface area contributed by atoms with Gasteiger partial charge in [0, 0.05) is 5.56 Å². The SMILES string of the molecule is O=C(Cn1cc(-c2ccc(C(=O)O)cc2)nn1)N[C@H]1[C@H]([C@H](O)[C@H](O)CO)OC(C(=O)O)=C[C@@H]1O. The van der Waals surface area contributed by atoms with Crippen molar-refractivity contribution in [3.05, 3.63) is 47.9 Å². The molecule has 1 aliphatic rings. The van der Waals surface area contributed by atoms with E-state index in [9.17, 15) is 29.7 Å². The summed E-state index contributed by atoms with van der Waals surface area (Å²) < 4.78 is 6.31. The minimum atomic E-state index is -1.83. The summed E-state index contributed by atoms with van der Waals surface area (Å²) in [5, 5.41) is 67.6. The van der Waals surface area contributed by atoms with Gasteiger partial charge < -0.3 is 40.7 Å². The molecule has 3 rings (SSSR count). The number of carboxylic acids is 2. The third-order valence-corrected chi connectivity index (χ3v) is 5.04. The van der Waals surface area contributed by atoms with Gasteiger partial charge >= 0.3 is 11.9 Å². The summed E-state index contributed by atoms with van der Waals surface area (Å²) in [5.41, 5.74) is 1.01. The number of benzene rings is 1. The van der Waals surface area contributed by atoms with E-state index in [0.717, 1.165) is 6.08 Å². The van der Waals surface area contributed by atoms with Crippen LogP contribution in [0.2, 0.25) is 0 Å². The lowest BCUT2D eigenvalue weighted by molar-refractivity contribution is -0.149. The molecule has 1 aliphatic heterocycles. The van der Waals surface area contributed by atoms with Crippen LogP contribution in [0, 0.1) is 0 Å². The van der Waals surface area contributed by atoms with Crippen molar-refractivity contribution < 1.29 is 49.8 Å². The fourth-order valence-corrected chi connectivity index (χ4v) is 3.28. The molecule has 1 aromatic heterocycles. The first-order chi connectivity index (χ1) is 16.1. The molecule has 1 aromatic carbocycles. The zero-order valence-corrected chi connectivity index (χ0v) is 17.4. The first-order valence-electron chi connectivity index (χ1n) is 9.90. The smallest absolute Gasteiger partial charge is 0.370 e. The highest BCUT2D eigenvalue weighted by Crippen LogP contribution is 2.23. The minimum absolute atomic E-state index is 0.0898. The average Bonchev–Trinajstić information content (AvgIpc) is 3.27. The number of nitrogens with one attached hydrogen (secondary N) is 1. The standard InChI is InChI=1S/C20H22N4O10/c25-8-13(27)17(29)18-16(12(26)5-14(34-18)20(32)33)21-15(28)7-24-6-11(22-23-24)9-1-3-10(4-2-9)19(30)31/h1-6,12-13,16-18,25-27,29H,7-8H2,(H,21,28)(H,30,31)(H,32,33)/t12-,13+,16+,17+,18+/m0/s1. The van der Waals surface area contributed by atoms with Gasteiger partial charge in [-0.25, -0.2) is 14.3 Å². The average molecular weight is 478 g/mol. The van der Waals surface area contributed by atoms with Crippen LogP contribution in [0.15, 0.2) is 42.3 Å². The molecule has 0 aliphatic carbocycles. The third-order valence-electron chi connectivity index (χ3n) is 5.04. The summed E-state index contributed by atoms with van der Waals surface area (Å²) in [6.07, 6.45) is -4.48. The van der Waals surface area contributed by atoms with Crippen LogP contribution in [0.5, 0.6) is 0 Å². The Kier molecular flexibility index (Phi) is 7.57. The molecule has 2 heterocycles. The van der Waals surface area contributed by atoms with Crippen molar-refractivity contribution in [2.75, 3.05) is 6.61 Å². The lowest BCUT2D eigenvalue weighted by Crippen LogP contribution is -2.60. The number of hydrogen-bond donors (Lipinski definition) is 7. The lowest BCUT2D eigenvalue weighted by atomic mass is 9.94. The number of ether oxygens (including phenoxy) is 1. The molecule has 7 N–H and O–H groups in total. The molecule has 5 atom stereocenters. The number of aromatic carboxylic acids is 1. The van der Waals surface area contributed by atoms with Crippen LogP contribution in [0.1, 0.15) is 10.4 Å². The summed E-state index contributed by atoms with van der Waals surface area (Å²) in [4.78, 5) is 34.7. The second-order valence-corrected chi connectivity index (χ2v) is 7.43. The summed E-state index contributed by atoms with van der Waals surface area (Å²) >= 11 is 0. The summed E-state index contributed by atoms with van der Waals surface area (Å²) in [7, 11) is 0. The number of carbonyl (C=O) groups is 3. The second-order valence-electron chi connectivity index (χ2n) is 7.43. The van der Waals surface area contributed by atoms with Crippen molar-refractivity contribution in [3.8, 4) is 11.3 Å². The highest BCUT2D eigenvalue weighted by atomic mass is 16.5. The molecule has 0 saturated carbocycles. The second kappa shape index (κ2) is 10.4. The zero-order chi connectivity index (χ0) is 25.0. The number of aliphatic hydroxyl groups is 4. The maximum Gasteiger partial charge on any atom is 0.370 e. The maximum atomic E-state index is 12.6. The Morgan fingerprint density at radius 2 is 1.79 bits per heavy atom. The van der Waals surface area contributed by atoms with Gasteiger partial charge in [-0.2, -0.15) is 0 Å². The monoisotopic (exact) mass is 478 g/mol. The fraction of sp³-hybridized carbons (Fsp3) is 0.350. The van der Waals surface area contributed by atoms with Crippen LogP contribution in [0.25, 0.3) is 11.3 Å². The number of nitrogens with zero attached hydrogens (tertiary/aromatic N) is 3. The molecule has 0 saturated heterocycles. The highest BCUT2D eigenvalue weighted by molar-refractivity contribution is 5.88. The van der Waals surface area contributed by atoms with E-state index in [1.165, 1.54) is 35.1 Å². The van der Waals surface area contributed by atoms with E-state index in [4.69, 9.17) is 20.1 Å². The van der Waals surface area contributed by atoms with Gasteiger partial charge in [-0.15, -0.1) is 5.10 Å². The highest BCUT2D eigenvalue weighted by Gasteiger charge is 2.43. The van der Waals surface area contributed by atoms with Crippen LogP contribution in [-0.2, 0) is 20.9 Å². The number of rotatable bonds is 9. The molecule has 2 aromatic rings. The van der Waals surface area contributed by atoms with Gasteiger partial charge in [0.25, 0.3) is 0 Å². The van der Waals surface area contributed by atoms with Crippen molar-refractivity contribution in [3.63, 3.8) is 0 Å². The topological polar surface area (TPSA) is 225 Å². The molecule has 14 nitrogen and oxygen atoms in total. The first-order valence-corrected chi connectivity index (χ1v) is 9.90. The van der Waals surface area contributed by atoms with Gasteiger partial charge in [0.05, 0.1) is 24.4 Å². The molecular weight excluding hydrogens is 456 g/mol. The molecule has 0 spiro atoms. The predicted molar refractivity (Wildman–Crippen MR) is 110 cm³/mol. The normalized spacial score (nSPS) is 21.6. The van der Waals surface area contributed by atoms with Gasteiger partial charge in [0.1, 0.15) is 30.6 Å². The maximum absolute atomic E-state index is 12.6. The van der Waals surface area contributed by atoms with E-state index >= 15 is 0 Å². The van der Waals surface area contributed by atoms with E-state index < -0.39 is 60.7 Å². The number of hydrogen-bond acceptors (Lipinski definition) is 10. The van der Waals surface area contributed by atoms with Crippen molar-refractivity contribution in [2.45, 2.75) is 37.0 Å². The lowest BCUT2D eigenvalue weighted by Gasteiger charge is -2.38. The van der Waals surface area contributed by atoms with Gasteiger partial charge in [-0.1, -0.05) is 17.3 Å². The van der Waals surface area contributed by atoms with Crippen molar-refractivity contribution >= 4 is 17.8 Å². The Hall–Kier alpha value is -3.85. The molecule has 0 unspecified atom stereocenters. The number of carboxylic acid groups (broad SMARTS) is 2. The molecule has 0 bridgehead atoms. The van der Waals surface area contributed by atoms with Crippen LogP contribution in [-0.4, -0.2) is 101 Å². The van der Waals surface area contributed by atoms with Crippen LogP contribution < -0.4 is 5.32 Å². The molecule has 34 heavy (non-hydrogen) atoms. The number of amides is 1. The molecule has 14 heteroatoms. The number of carbonyl (C=O) groups excluding carboxylic acids is 1. The Bertz CT molecular complexity index is 1080.